The van der Waals surface area contributed by atoms with Crippen LogP contribution in [0.4, 0.5) is 0 Å². The Morgan fingerprint density at radius 3 is 2.53 bits per heavy atom. The van der Waals surface area contributed by atoms with Gasteiger partial charge in [0.15, 0.2) is 0 Å². The van der Waals surface area contributed by atoms with E-state index < -0.39 is 0 Å². The summed E-state index contributed by atoms with van der Waals surface area (Å²) in [6, 6.07) is 13.4. The molecule has 2 nitrogen and oxygen atoms in total. The molecule has 102 valence electrons. The van der Waals surface area contributed by atoms with Crippen LogP contribution in [0.1, 0.15) is 43.7 Å². The molecule has 2 rings (SSSR count). The summed E-state index contributed by atoms with van der Waals surface area (Å²) >= 11 is 1.99. The Morgan fingerprint density at radius 2 is 1.95 bits per heavy atom. The fourth-order valence-corrected chi connectivity index (χ4v) is 3.54. The van der Waals surface area contributed by atoms with Gasteiger partial charge in [-0.05, 0) is 37.5 Å². The lowest BCUT2D eigenvalue weighted by Gasteiger charge is -2.31. The summed E-state index contributed by atoms with van der Waals surface area (Å²) in [5, 5.41) is 13.5. The van der Waals surface area contributed by atoms with Gasteiger partial charge in [0.2, 0.25) is 0 Å². The molecule has 1 aromatic carbocycles. The highest BCUT2D eigenvalue weighted by molar-refractivity contribution is 7.99. The summed E-state index contributed by atoms with van der Waals surface area (Å²) in [5.74, 6) is 0. The predicted molar refractivity (Wildman–Crippen MR) is 82.1 cm³/mol. The van der Waals surface area contributed by atoms with E-state index in [0.29, 0.717) is 12.5 Å². The van der Waals surface area contributed by atoms with E-state index in [4.69, 9.17) is 5.26 Å². The zero-order valence-corrected chi connectivity index (χ0v) is 12.3. The van der Waals surface area contributed by atoms with Crippen LogP contribution in [-0.4, -0.2) is 17.5 Å². The fourth-order valence-electron chi connectivity index (χ4n) is 2.80. The average Bonchev–Trinajstić information content (AvgIpc) is 2.48. The first kappa shape index (κ1) is 14.4. The SMILES string of the molecule is CSC1CCC(NC(CC#N)c2ccccc2)CC1. The van der Waals surface area contributed by atoms with Crippen LogP contribution in [0.5, 0.6) is 0 Å². The quantitative estimate of drug-likeness (QED) is 0.884. The Hall–Kier alpha value is -0.980. The third-order valence-electron chi connectivity index (χ3n) is 3.94. The average molecular weight is 274 g/mol. The minimum atomic E-state index is 0.182. The molecule has 0 heterocycles. The van der Waals surface area contributed by atoms with Crippen molar-refractivity contribution in [3.63, 3.8) is 0 Å². The third kappa shape index (κ3) is 4.26. The van der Waals surface area contributed by atoms with Gasteiger partial charge in [-0.3, -0.25) is 0 Å². The molecule has 0 aromatic heterocycles. The summed E-state index contributed by atoms with van der Waals surface area (Å²) in [7, 11) is 0. The molecule has 0 aliphatic heterocycles. The maximum atomic E-state index is 9.01. The number of hydrogen-bond acceptors (Lipinski definition) is 3. The van der Waals surface area contributed by atoms with Crippen molar-refractivity contribution in [2.24, 2.45) is 0 Å². The van der Waals surface area contributed by atoms with Crippen molar-refractivity contribution in [2.45, 2.75) is 49.4 Å². The molecule has 0 radical (unpaired) electrons. The standard InChI is InChI=1S/C16H22N2S/c1-19-15-9-7-14(8-10-15)18-16(11-12-17)13-5-3-2-4-6-13/h2-6,14-16,18H,7-11H2,1H3. The highest BCUT2D eigenvalue weighted by Crippen LogP contribution is 2.28. The molecule has 1 atom stereocenters. The molecular formula is C16H22N2S. The molecule has 0 saturated heterocycles. The lowest BCUT2D eigenvalue weighted by Crippen LogP contribution is -2.36. The molecule has 1 unspecified atom stereocenters. The molecule has 1 aliphatic rings. The van der Waals surface area contributed by atoms with Crippen LogP contribution >= 0.6 is 11.8 Å². The minimum Gasteiger partial charge on any atom is -0.306 e. The summed E-state index contributed by atoms with van der Waals surface area (Å²) in [4.78, 5) is 0. The number of nitrogens with zero attached hydrogens (tertiary/aromatic N) is 1. The van der Waals surface area contributed by atoms with Crippen LogP contribution in [0.2, 0.25) is 0 Å². The van der Waals surface area contributed by atoms with E-state index in [-0.39, 0.29) is 6.04 Å². The normalized spacial score (nSPS) is 24.6. The second-order valence-electron chi connectivity index (χ2n) is 5.20. The molecule has 1 N–H and O–H groups in total. The lowest BCUT2D eigenvalue weighted by molar-refractivity contribution is 0.344. The van der Waals surface area contributed by atoms with E-state index in [1.54, 1.807) is 0 Å². The van der Waals surface area contributed by atoms with E-state index in [0.717, 1.165) is 5.25 Å². The van der Waals surface area contributed by atoms with Crippen molar-refractivity contribution in [1.82, 2.24) is 5.32 Å². The first-order chi connectivity index (χ1) is 9.33. The van der Waals surface area contributed by atoms with Crippen LogP contribution in [0.15, 0.2) is 30.3 Å². The van der Waals surface area contributed by atoms with Crippen LogP contribution in [-0.2, 0) is 0 Å². The van der Waals surface area contributed by atoms with Crippen molar-refractivity contribution < 1.29 is 0 Å². The molecular weight excluding hydrogens is 252 g/mol. The molecule has 1 aromatic rings. The molecule has 1 fully saturated rings. The van der Waals surface area contributed by atoms with Gasteiger partial charge in [0.1, 0.15) is 0 Å². The van der Waals surface area contributed by atoms with Crippen molar-refractivity contribution in [2.75, 3.05) is 6.26 Å². The largest absolute Gasteiger partial charge is 0.306 e. The Balaban J connectivity index is 1.93. The van der Waals surface area contributed by atoms with Gasteiger partial charge in [0.05, 0.1) is 12.5 Å². The number of rotatable bonds is 5. The zero-order valence-electron chi connectivity index (χ0n) is 11.5. The van der Waals surface area contributed by atoms with Gasteiger partial charge in [-0.1, -0.05) is 30.3 Å². The fraction of sp³-hybridized carbons (Fsp3) is 0.562. The predicted octanol–water partition coefficient (Wildman–Crippen LogP) is 3.91. The monoisotopic (exact) mass is 274 g/mol. The first-order valence-corrected chi connectivity index (χ1v) is 8.33. The number of hydrogen-bond donors (Lipinski definition) is 1. The summed E-state index contributed by atoms with van der Waals surface area (Å²) in [5.41, 5.74) is 1.23. The van der Waals surface area contributed by atoms with Crippen LogP contribution in [0.3, 0.4) is 0 Å². The van der Waals surface area contributed by atoms with Gasteiger partial charge in [-0.15, -0.1) is 0 Å². The second kappa shape index (κ2) is 7.57. The van der Waals surface area contributed by atoms with Crippen molar-refractivity contribution in [1.29, 1.82) is 5.26 Å². The Labute approximate surface area is 120 Å². The highest BCUT2D eigenvalue weighted by atomic mass is 32.2. The van der Waals surface area contributed by atoms with E-state index in [2.05, 4.69) is 29.8 Å². The Bertz CT molecular complexity index is 405. The van der Waals surface area contributed by atoms with E-state index >= 15 is 0 Å². The van der Waals surface area contributed by atoms with Crippen molar-refractivity contribution in [3.8, 4) is 6.07 Å². The molecule has 0 bridgehead atoms. The summed E-state index contributed by atoms with van der Waals surface area (Å²) < 4.78 is 0. The molecule has 3 heteroatoms. The van der Waals surface area contributed by atoms with Gasteiger partial charge in [-0.25, -0.2) is 0 Å². The maximum absolute atomic E-state index is 9.01. The van der Waals surface area contributed by atoms with Gasteiger partial charge >= 0.3 is 0 Å². The van der Waals surface area contributed by atoms with E-state index in [1.165, 1.54) is 31.2 Å². The Kier molecular flexibility index (Phi) is 5.75. The molecule has 0 spiro atoms. The molecule has 0 amide bonds. The maximum Gasteiger partial charge on any atom is 0.0641 e. The van der Waals surface area contributed by atoms with E-state index in [1.807, 2.05) is 30.0 Å². The second-order valence-corrected chi connectivity index (χ2v) is 6.34. The summed E-state index contributed by atoms with van der Waals surface area (Å²) in [6.07, 6.45) is 7.83. The zero-order chi connectivity index (χ0) is 13.5. The van der Waals surface area contributed by atoms with Gasteiger partial charge < -0.3 is 5.32 Å². The van der Waals surface area contributed by atoms with Crippen molar-refractivity contribution in [3.05, 3.63) is 35.9 Å². The van der Waals surface area contributed by atoms with Crippen LogP contribution in [0, 0.1) is 11.3 Å². The lowest BCUT2D eigenvalue weighted by atomic mass is 9.93. The topological polar surface area (TPSA) is 35.8 Å². The number of thioether (sulfide) groups is 1. The molecule has 1 saturated carbocycles. The molecule has 19 heavy (non-hydrogen) atoms. The van der Waals surface area contributed by atoms with Crippen LogP contribution < -0.4 is 5.32 Å². The number of benzene rings is 1. The third-order valence-corrected chi connectivity index (χ3v) is 5.08. The van der Waals surface area contributed by atoms with Gasteiger partial charge in [0.25, 0.3) is 0 Å². The van der Waals surface area contributed by atoms with Crippen molar-refractivity contribution >= 4 is 11.8 Å². The van der Waals surface area contributed by atoms with Crippen LogP contribution in [0.25, 0.3) is 0 Å². The molecule has 1 aliphatic carbocycles. The first-order valence-electron chi connectivity index (χ1n) is 7.04. The van der Waals surface area contributed by atoms with Gasteiger partial charge in [-0.2, -0.15) is 17.0 Å². The summed E-state index contributed by atoms with van der Waals surface area (Å²) in [6.45, 7) is 0. The van der Waals surface area contributed by atoms with E-state index in [9.17, 15) is 0 Å². The van der Waals surface area contributed by atoms with Gasteiger partial charge in [0, 0.05) is 17.3 Å². The number of nitriles is 1. The Morgan fingerprint density at radius 1 is 1.26 bits per heavy atom. The smallest absolute Gasteiger partial charge is 0.0641 e. The highest BCUT2D eigenvalue weighted by Gasteiger charge is 2.23. The number of nitrogens with one attached hydrogen (secondary N) is 1. The minimum absolute atomic E-state index is 0.182.